The fourth-order valence-electron chi connectivity index (χ4n) is 1.49. The molecule has 1 N–H and O–H groups in total. The summed E-state index contributed by atoms with van der Waals surface area (Å²) in [6, 6.07) is 0. The first kappa shape index (κ1) is 10.6. The Morgan fingerprint density at radius 3 is 2.38 bits per heavy atom. The van der Waals surface area contributed by atoms with Gasteiger partial charge in [0.05, 0.1) is 0 Å². The summed E-state index contributed by atoms with van der Waals surface area (Å²) in [5.41, 5.74) is -2.58. The quantitative estimate of drug-likeness (QED) is 0.636. The summed E-state index contributed by atoms with van der Waals surface area (Å²) < 4.78 is 37.0. The Kier molecular flexibility index (Phi) is 2.71. The third-order valence-electron chi connectivity index (χ3n) is 2.55. The number of alkyl halides is 3. The zero-order valence-corrected chi connectivity index (χ0v) is 7.43. The molecule has 0 saturated heterocycles. The van der Waals surface area contributed by atoms with E-state index in [2.05, 4.69) is 0 Å². The molecule has 0 fully saturated rings. The van der Waals surface area contributed by atoms with Crippen LogP contribution < -0.4 is 0 Å². The van der Waals surface area contributed by atoms with Gasteiger partial charge in [-0.15, -0.1) is 0 Å². The van der Waals surface area contributed by atoms with Crippen LogP contribution >= 0.6 is 0 Å². The fraction of sp³-hybridized carbons (Fsp3) is 0.778. The van der Waals surface area contributed by atoms with Crippen LogP contribution in [-0.2, 0) is 0 Å². The summed E-state index contributed by atoms with van der Waals surface area (Å²) in [4.78, 5) is 0. The van der Waals surface area contributed by atoms with E-state index in [0.717, 1.165) is 13.3 Å². The molecule has 0 radical (unpaired) electrons. The highest BCUT2D eigenvalue weighted by molar-refractivity contribution is 5.03. The fourth-order valence-corrected chi connectivity index (χ4v) is 1.49. The average Bonchev–Trinajstić information content (AvgIpc) is 2.04. The minimum absolute atomic E-state index is 0.406. The van der Waals surface area contributed by atoms with Crippen molar-refractivity contribution in [2.24, 2.45) is 5.92 Å². The van der Waals surface area contributed by atoms with E-state index in [-0.39, 0.29) is 0 Å². The van der Waals surface area contributed by atoms with E-state index in [1.165, 1.54) is 6.08 Å². The highest BCUT2D eigenvalue weighted by Crippen LogP contribution is 2.40. The standard InChI is InChI=1S/C9H13F3O/c1-8(13,9(10,11)12)7-5-3-2-4-6-7/h3,5,7,13H,2,4,6H2,1H3/t7-,8-/m0/s1. The molecule has 1 aliphatic carbocycles. The first-order valence-electron chi connectivity index (χ1n) is 4.31. The van der Waals surface area contributed by atoms with Crippen LogP contribution in [-0.4, -0.2) is 16.9 Å². The van der Waals surface area contributed by atoms with Gasteiger partial charge in [-0.05, 0) is 26.2 Å². The molecule has 1 aliphatic rings. The van der Waals surface area contributed by atoms with Gasteiger partial charge in [-0.1, -0.05) is 12.2 Å². The topological polar surface area (TPSA) is 20.2 Å². The molecule has 76 valence electrons. The average molecular weight is 194 g/mol. The van der Waals surface area contributed by atoms with E-state index in [1.54, 1.807) is 6.08 Å². The second-order valence-corrected chi connectivity index (χ2v) is 3.61. The zero-order valence-electron chi connectivity index (χ0n) is 7.43. The largest absolute Gasteiger partial charge is 0.417 e. The second-order valence-electron chi connectivity index (χ2n) is 3.61. The predicted molar refractivity (Wildman–Crippen MR) is 43.2 cm³/mol. The number of rotatable bonds is 1. The summed E-state index contributed by atoms with van der Waals surface area (Å²) >= 11 is 0. The van der Waals surface area contributed by atoms with Crippen LogP contribution in [0.25, 0.3) is 0 Å². The van der Waals surface area contributed by atoms with E-state index in [0.29, 0.717) is 12.8 Å². The van der Waals surface area contributed by atoms with E-state index in [1.807, 2.05) is 0 Å². The van der Waals surface area contributed by atoms with Gasteiger partial charge in [-0.25, -0.2) is 0 Å². The maximum Gasteiger partial charge on any atom is 0.417 e. The number of allylic oxidation sites excluding steroid dienone is 1. The van der Waals surface area contributed by atoms with Gasteiger partial charge in [-0.3, -0.25) is 0 Å². The van der Waals surface area contributed by atoms with Gasteiger partial charge in [0, 0.05) is 5.92 Å². The van der Waals surface area contributed by atoms with Gasteiger partial charge >= 0.3 is 6.18 Å². The van der Waals surface area contributed by atoms with Crippen LogP contribution in [0.15, 0.2) is 12.2 Å². The summed E-state index contributed by atoms with van der Waals surface area (Å²) in [5, 5.41) is 9.30. The predicted octanol–water partition coefficient (Wildman–Crippen LogP) is 2.66. The van der Waals surface area contributed by atoms with Crippen molar-refractivity contribution in [2.45, 2.75) is 38.0 Å². The minimum Gasteiger partial charge on any atom is -0.380 e. The second kappa shape index (κ2) is 3.33. The van der Waals surface area contributed by atoms with Gasteiger partial charge < -0.3 is 5.11 Å². The Labute approximate surface area is 75.3 Å². The van der Waals surface area contributed by atoms with Crippen LogP contribution in [0.2, 0.25) is 0 Å². The van der Waals surface area contributed by atoms with E-state index >= 15 is 0 Å². The summed E-state index contributed by atoms with van der Waals surface area (Å²) in [6.07, 6.45) is 0.561. The SMILES string of the molecule is C[C@](O)([C@H]1C=CCCC1)C(F)(F)F. The molecule has 1 rings (SSSR count). The molecule has 2 atom stereocenters. The lowest BCUT2D eigenvalue weighted by molar-refractivity contribution is -0.267. The molecule has 4 heteroatoms. The summed E-state index contributed by atoms with van der Waals surface area (Å²) in [7, 11) is 0. The first-order chi connectivity index (χ1) is 5.86. The highest BCUT2D eigenvalue weighted by Gasteiger charge is 2.53. The van der Waals surface area contributed by atoms with Crippen molar-refractivity contribution in [1.82, 2.24) is 0 Å². The smallest absolute Gasteiger partial charge is 0.380 e. The third kappa shape index (κ3) is 2.05. The molecule has 0 aliphatic heterocycles. The Morgan fingerprint density at radius 1 is 1.38 bits per heavy atom. The normalized spacial score (nSPS) is 28.5. The van der Waals surface area contributed by atoms with Gasteiger partial charge in [0.1, 0.15) is 0 Å². The molecule has 1 nitrogen and oxygen atoms in total. The number of aliphatic hydroxyl groups is 1. The van der Waals surface area contributed by atoms with Crippen LogP contribution in [0.3, 0.4) is 0 Å². The van der Waals surface area contributed by atoms with Crippen molar-refractivity contribution in [3.05, 3.63) is 12.2 Å². The van der Waals surface area contributed by atoms with Crippen LogP contribution in [0, 0.1) is 5.92 Å². The van der Waals surface area contributed by atoms with Crippen molar-refractivity contribution >= 4 is 0 Å². The van der Waals surface area contributed by atoms with Crippen LogP contribution in [0.4, 0.5) is 13.2 Å². The lowest BCUT2D eigenvalue weighted by Gasteiger charge is -2.34. The van der Waals surface area contributed by atoms with E-state index in [9.17, 15) is 18.3 Å². The molecule has 0 aromatic carbocycles. The van der Waals surface area contributed by atoms with Crippen molar-refractivity contribution in [2.75, 3.05) is 0 Å². The van der Waals surface area contributed by atoms with Crippen molar-refractivity contribution in [1.29, 1.82) is 0 Å². The summed E-state index contributed by atoms with van der Waals surface area (Å²) in [5.74, 6) is -0.791. The van der Waals surface area contributed by atoms with Crippen molar-refractivity contribution < 1.29 is 18.3 Å². The highest BCUT2D eigenvalue weighted by atomic mass is 19.4. The Balaban J connectivity index is 2.79. The number of hydrogen-bond donors (Lipinski definition) is 1. The Morgan fingerprint density at radius 2 is 2.00 bits per heavy atom. The van der Waals surface area contributed by atoms with E-state index in [4.69, 9.17) is 0 Å². The monoisotopic (exact) mass is 194 g/mol. The molecule has 0 heterocycles. The number of hydrogen-bond acceptors (Lipinski definition) is 1. The molecule has 0 bridgehead atoms. The van der Waals surface area contributed by atoms with Gasteiger partial charge in [-0.2, -0.15) is 13.2 Å². The molecule has 13 heavy (non-hydrogen) atoms. The minimum atomic E-state index is -4.54. The first-order valence-corrected chi connectivity index (χ1v) is 4.31. The lowest BCUT2D eigenvalue weighted by atomic mass is 9.81. The molecular weight excluding hydrogens is 181 g/mol. The molecule has 0 aromatic heterocycles. The summed E-state index contributed by atoms with van der Waals surface area (Å²) in [6.45, 7) is 0.841. The zero-order chi connectivity index (χ0) is 10.1. The maximum absolute atomic E-state index is 12.3. The Hall–Kier alpha value is -0.510. The van der Waals surface area contributed by atoms with E-state index < -0.39 is 17.7 Å². The maximum atomic E-state index is 12.3. The van der Waals surface area contributed by atoms with Crippen molar-refractivity contribution in [3.63, 3.8) is 0 Å². The van der Waals surface area contributed by atoms with Crippen LogP contribution in [0.1, 0.15) is 26.2 Å². The van der Waals surface area contributed by atoms with Gasteiger partial charge in [0.2, 0.25) is 0 Å². The molecule has 0 amide bonds. The number of halogens is 3. The third-order valence-corrected chi connectivity index (χ3v) is 2.55. The lowest BCUT2D eigenvalue weighted by Crippen LogP contribution is -2.48. The van der Waals surface area contributed by atoms with Gasteiger partial charge in [0.15, 0.2) is 5.60 Å². The Bertz CT molecular complexity index is 205. The van der Waals surface area contributed by atoms with Crippen LogP contribution in [0.5, 0.6) is 0 Å². The van der Waals surface area contributed by atoms with Gasteiger partial charge in [0.25, 0.3) is 0 Å². The van der Waals surface area contributed by atoms with Crippen molar-refractivity contribution in [3.8, 4) is 0 Å². The molecule has 0 saturated carbocycles. The molecule has 0 aromatic rings. The molecular formula is C9H13F3O. The molecule has 0 unspecified atom stereocenters. The molecule has 0 spiro atoms.